The highest BCUT2D eigenvalue weighted by atomic mass is 19.3. The molecule has 2 heterocycles. The molecule has 40 heavy (non-hydrogen) atoms. The lowest BCUT2D eigenvalue weighted by atomic mass is 9.96. The van der Waals surface area contributed by atoms with Crippen LogP contribution in [0.4, 0.5) is 17.6 Å². The summed E-state index contributed by atoms with van der Waals surface area (Å²) in [7, 11) is 1.55. The lowest BCUT2D eigenvalue weighted by Gasteiger charge is -2.14. The molecule has 216 valence electrons. The fourth-order valence-electron chi connectivity index (χ4n) is 4.33. The van der Waals surface area contributed by atoms with Crippen LogP contribution in [0.3, 0.4) is 0 Å². The first-order valence-electron chi connectivity index (χ1n) is 13.3. The number of aromatic nitrogens is 4. The zero-order chi connectivity index (χ0) is 29.6. The number of hydrogen-bond acceptors (Lipinski definition) is 5. The minimum absolute atomic E-state index is 0.0399. The van der Waals surface area contributed by atoms with E-state index in [4.69, 9.17) is 9.47 Å². The van der Waals surface area contributed by atoms with Gasteiger partial charge in [-0.3, -0.25) is 0 Å². The summed E-state index contributed by atoms with van der Waals surface area (Å²) in [6.45, 7) is 7.36. The smallest absolute Gasteiger partial charge is 0.388 e. The van der Waals surface area contributed by atoms with Crippen LogP contribution in [0.5, 0.6) is 11.8 Å². The summed E-state index contributed by atoms with van der Waals surface area (Å²) in [6.07, 6.45) is 6.24. The van der Waals surface area contributed by atoms with Crippen LogP contribution < -0.4 is 9.47 Å². The zero-order valence-electron chi connectivity index (χ0n) is 23.9. The van der Waals surface area contributed by atoms with E-state index in [9.17, 15) is 17.6 Å². The molecule has 0 aliphatic heterocycles. The Morgan fingerprint density at radius 2 is 1.90 bits per heavy atom. The molecule has 1 saturated carbocycles. The predicted octanol–water partition coefficient (Wildman–Crippen LogP) is 8.27. The van der Waals surface area contributed by atoms with E-state index in [0.29, 0.717) is 11.3 Å². The monoisotopic (exact) mass is 560 g/mol. The van der Waals surface area contributed by atoms with Gasteiger partial charge in [-0.15, -0.1) is 0 Å². The largest absolute Gasteiger partial charge is 0.473 e. The molecule has 0 spiro atoms. The number of benzene rings is 1. The fourth-order valence-corrected chi connectivity index (χ4v) is 4.33. The second-order valence-electron chi connectivity index (χ2n) is 9.46. The van der Waals surface area contributed by atoms with Crippen molar-refractivity contribution in [1.29, 1.82) is 0 Å². The molecule has 10 heteroatoms. The van der Waals surface area contributed by atoms with Crippen molar-refractivity contribution in [3.05, 3.63) is 70.6 Å². The molecular formula is C30H36F4N4O2. The fraction of sp³-hybridized carbons (Fsp3) is 0.433. The number of ether oxygens (including phenoxy) is 2. The average Bonchev–Trinajstić information content (AvgIpc) is 3.70. The maximum absolute atomic E-state index is 13.8. The summed E-state index contributed by atoms with van der Waals surface area (Å²) in [4.78, 5) is 8.72. The van der Waals surface area contributed by atoms with Gasteiger partial charge >= 0.3 is 6.61 Å². The van der Waals surface area contributed by atoms with Gasteiger partial charge in [0.15, 0.2) is 5.82 Å². The van der Waals surface area contributed by atoms with Crippen molar-refractivity contribution >= 4 is 5.57 Å². The molecule has 3 aromatic rings. The third kappa shape index (κ3) is 7.49. The van der Waals surface area contributed by atoms with Gasteiger partial charge in [0, 0.05) is 37.7 Å². The Labute approximate surface area is 232 Å². The number of halogens is 4. The Morgan fingerprint density at radius 3 is 2.48 bits per heavy atom. The summed E-state index contributed by atoms with van der Waals surface area (Å²) < 4.78 is 65.7. The summed E-state index contributed by atoms with van der Waals surface area (Å²) in [5.41, 5.74) is 4.30. The number of allylic oxidation sites excluding steroid dienone is 4. The Kier molecular flexibility index (Phi) is 10.1. The maximum Gasteiger partial charge on any atom is 0.388 e. The maximum atomic E-state index is 13.8. The van der Waals surface area contributed by atoms with Gasteiger partial charge in [0.05, 0.1) is 5.69 Å². The summed E-state index contributed by atoms with van der Waals surface area (Å²) in [5.74, 6) is -2.38. The lowest BCUT2D eigenvalue weighted by molar-refractivity contribution is -0.0549. The van der Waals surface area contributed by atoms with Gasteiger partial charge < -0.3 is 9.47 Å². The molecule has 1 aliphatic rings. The molecular weight excluding hydrogens is 524 g/mol. The van der Waals surface area contributed by atoms with Crippen molar-refractivity contribution < 1.29 is 27.0 Å². The molecule has 4 rings (SSSR count). The zero-order valence-corrected chi connectivity index (χ0v) is 23.9. The van der Waals surface area contributed by atoms with Gasteiger partial charge in [0.1, 0.15) is 12.2 Å². The second kappa shape index (κ2) is 13.1. The second-order valence-corrected chi connectivity index (χ2v) is 9.46. The number of aryl methyl sites for hydroxylation is 2. The number of nitrogens with zero attached hydrogens (tertiary/aromatic N) is 4. The van der Waals surface area contributed by atoms with Crippen LogP contribution in [-0.2, 0) is 13.7 Å². The Balaban J connectivity index is 0.00000216. The van der Waals surface area contributed by atoms with E-state index in [0.717, 1.165) is 42.0 Å². The van der Waals surface area contributed by atoms with Gasteiger partial charge in [0.25, 0.3) is 5.92 Å². The summed E-state index contributed by atoms with van der Waals surface area (Å²) >= 11 is 0. The third-order valence-electron chi connectivity index (χ3n) is 6.33. The third-order valence-corrected chi connectivity index (χ3v) is 6.33. The molecule has 0 unspecified atom stereocenters. The number of hydrogen-bond donors (Lipinski definition) is 0. The molecule has 1 aliphatic carbocycles. The Hall–Kier alpha value is -3.69. The highest BCUT2D eigenvalue weighted by molar-refractivity contribution is 5.70. The Morgan fingerprint density at radius 1 is 1.20 bits per heavy atom. The molecule has 0 amide bonds. The topological polar surface area (TPSA) is 62.1 Å². The molecule has 0 radical (unpaired) electrons. The molecule has 0 N–H and O–H groups in total. The van der Waals surface area contributed by atoms with E-state index in [1.807, 2.05) is 39.0 Å². The van der Waals surface area contributed by atoms with Crippen LogP contribution in [-0.4, -0.2) is 32.3 Å². The summed E-state index contributed by atoms with van der Waals surface area (Å²) in [5, 5.41) is 4.38. The average molecular weight is 561 g/mol. The van der Waals surface area contributed by atoms with E-state index in [-0.39, 0.29) is 35.7 Å². The van der Waals surface area contributed by atoms with Crippen molar-refractivity contribution in [2.24, 2.45) is 7.05 Å². The molecule has 6 nitrogen and oxygen atoms in total. The first-order valence-corrected chi connectivity index (χ1v) is 13.3. The van der Waals surface area contributed by atoms with Crippen molar-refractivity contribution in [2.45, 2.75) is 79.4 Å². The van der Waals surface area contributed by atoms with E-state index in [1.54, 1.807) is 27.0 Å². The molecule has 1 fully saturated rings. The standard InChI is InChI=1S/C28H30F4N4O2.C2H6/c1-6-20(28(4,31)32)14-17(3)21-10-7-18(13-16(21)2)15-37-22-11-12-33-25(34-22)23-24(19-8-9-19)35-36(5)26(23)38-27(29)30;1-2/h6-7,10-14,19,27H,8-9,15H2,1-5H3;1-2H3/b17-14+,20-6+;. The van der Waals surface area contributed by atoms with Gasteiger partial charge in [-0.25, -0.2) is 18.4 Å². The van der Waals surface area contributed by atoms with Crippen LogP contribution in [0.2, 0.25) is 0 Å². The number of rotatable bonds is 10. The molecule has 0 bridgehead atoms. The molecule has 1 aromatic carbocycles. The van der Waals surface area contributed by atoms with Gasteiger partial charge in [0.2, 0.25) is 11.8 Å². The molecule has 0 saturated heterocycles. The van der Waals surface area contributed by atoms with Gasteiger partial charge in [-0.1, -0.05) is 38.1 Å². The van der Waals surface area contributed by atoms with Crippen LogP contribution >= 0.6 is 0 Å². The predicted molar refractivity (Wildman–Crippen MR) is 148 cm³/mol. The van der Waals surface area contributed by atoms with E-state index in [1.165, 1.54) is 23.0 Å². The Bertz CT molecular complexity index is 1370. The number of alkyl halides is 4. The van der Waals surface area contributed by atoms with E-state index >= 15 is 0 Å². The van der Waals surface area contributed by atoms with Crippen LogP contribution in [0.1, 0.15) is 75.8 Å². The van der Waals surface area contributed by atoms with E-state index in [2.05, 4.69) is 15.1 Å². The van der Waals surface area contributed by atoms with Crippen LogP contribution in [0, 0.1) is 6.92 Å². The molecule has 0 atom stereocenters. The van der Waals surface area contributed by atoms with Gasteiger partial charge in [-0.2, -0.15) is 18.9 Å². The van der Waals surface area contributed by atoms with Crippen molar-refractivity contribution in [1.82, 2.24) is 19.7 Å². The normalized spacial score (nSPS) is 14.2. The first-order chi connectivity index (χ1) is 19.0. The lowest BCUT2D eigenvalue weighted by Crippen LogP contribution is -2.12. The highest BCUT2D eigenvalue weighted by Gasteiger charge is 2.34. The summed E-state index contributed by atoms with van der Waals surface area (Å²) in [6, 6.07) is 7.25. The highest BCUT2D eigenvalue weighted by Crippen LogP contribution is 2.46. The quantitative estimate of drug-likeness (QED) is 0.184. The molecule has 2 aromatic heterocycles. The van der Waals surface area contributed by atoms with Crippen LogP contribution in [0.25, 0.3) is 17.0 Å². The minimum Gasteiger partial charge on any atom is -0.473 e. The SMILES string of the molecule is C/C=C(\C=C(/C)c1ccc(COc2ccnc(-c3c(C4CC4)nn(C)c3OC(F)F)n2)cc1C)C(C)(F)F.CC. The van der Waals surface area contributed by atoms with Crippen molar-refractivity contribution in [3.8, 4) is 23.1 Å². The first kappa shape index (κ1) is 30.8. The van der Waals surface area contributed by atoms with E-state index < -0.39 is 12.5 Å². The van der Waals surface area contributed by atoms with Crippen LogP contribution in [0.15, 0.2) is 48.2 Å². The van der Waals surface area contributed by atoms with Gasteiger partial charge in [-0.05, 0) is 62.0 Å². The van der Waals surface area contributed by atoms with Crippen molar-refractivity contribution in [3.63, 3.8) is 0 Å². The minimum atomic E-state index is -3.01. The van der Waals surface area contributed by atoms with Crippen molar-refractivity contribution in [2.75, 3.05) is 0 Å².